The zero-order chi connectivity index (χ0) is 13.7. The third kappa shape index (κ3) is 3.66. The van der Waals surface area contributed by atoms with E-state index in [0.717, 1.165) is 0 Å². The predicted octanol–water partition coefficient (Wildman–Crippen LogP) is 2.92. The van der Waals surface area contributed by atoms with Gasteiger partial charge in [0.2, 0.25) is 0 Å². The van der Waals surface area contributed by atoms with Gasteiger partial charge in [-0.25, -0.2) is 0 Å². The third-order valence-corrected chi connectivity index (χ3v) is 3.49. The van der Waals surface area contributed by atoms with E-state index >= 15 is 0 Å². The Hall–Kier alpha value is -1.64. The molecule has 2 rings (SSSR count). The standard InChI is InChI=1S/C17H21NO/c1-17(19,13-18)12-16(14-8-4-2-5-9-14)15-10-6-3-7-11-15/h2-11,16,19H,12-13,18H2,1H3. The van der Waals surface area contributed by atoms with E-state index in [1.54, 1.807) is 6.92 Å². The van der Waals surface area contributed by atoms with Crippen LogP contribution in [0.2, 0.25) is 0 Å². The minimum Gasteiger partial charge on any atom is -0.389 e. The van der Waals surface area contributed by atoms with Crippen LogP contribution in [0.5, 0.6) is 0 Å². The molecule has 0 spiro atoms. The van der Waals surface area contributed by atoms with E-state index in [4.69, 9.17) is 5.73 Å². The maximum absolute atomic E-state index is 10.3. The van der Waals surface area contributed by atoms with Gasteiger partial charge in [-0.2, -0.15) is 0 Å². The summed E-state index contributed by atoms with van der Waals surface area (Å²) >= 11 is 0. The lowest BCUT2D eigenvalue weighted by Crippen LogP contribution is -2.36. The topological polar surface area (TPSA) is 46.2 Å². The summed E-state index contributed by atoms with van der Waals surface area (Å²) in [5.41, 5.74) is 7.23. The molecule has 1 atom stereocenters. The number of rotatable bonds is 5. The van der Waals surface area contributed by atoms with Gasteiger partial charge in [0, 0.05) is 12.5 Å². The maximum atomic E-state index is 10.3. The summed E-state index contributed by atoms with van der Waals surface area (Å²) in [6, 6.07) is 20.5. The monoisotopic (exact) mass is 255 g/mol. The molecule has 2 aromatic rings. The van der Waals surface area contributed by atoms with E-state index in [-0.39, 0.29) is 12.5 Å². The summed E-state index contributed by atoms with van der Waals surface area (Å²) in [6.07, 6.45) is 0.623. The van der Waals surface area contributed by atoms with Crippen LogP contribution >= 0.6 is 0 Å². The Morgan fingerprint density at radius 1 is 0.947 bits per heavy atom. The molecule has 2 aromatic carbocycles. The molecule has 0 heterocycles. The lowest BCUT2D eigenvalue weighted by molar-refractivity contribution is 0.0557. The molecule has 1 unspecified atom stereocenters. The van der Waals surface area contributed by atoms with Crippen molar-refractivity contribution in [3.63, 3.8) is 0 Å². The van der Waals surface area contributed by atoms with E-state index in [1.165, 1.54) is 11.1 Å². The van der Waals surface area contributed by atoms with E-state index in [9.17, 15) is 5.11 Å². The van der Waals surface area contributed by atoms with Crippen molar-refractivity contribution in [2.24, 2.45) is 5.73 Å². The van der Waals surface area contributed by atoms with Crippen molar-refractivity contribution in [2.45, 2.75) is 24.9 Å². The van der Waals surface area contributed by atoms with Crippen molar-refractivity contribution in [2.75, 3.05) is 6.54 Å². The van der Waals surface area contributed by atoms with Crippen molar-refractivity contribution in [3.8, 4) is 0 Å². The highest BCUT2D eigenvalue weighted by Crippen LogP contribution is 2.32. The molecule has 3 N–H and O–H groups in total. The molecular weight excluding hydrogens is 234 g/mol. The van der Waals surface area contributed by atoms with Crippen LogP contribution in [-0.4, -0.2) is 17.3 Å². The molecule has 0 aromatic heterocycles. The zero-order valence-corrected chi connectivity index (χ0v) is 11.3. The van der Waals surface area contributed by atoms with Crippen molar-refractivity contribution < 1.29 is 5.11 Å². The zero-order valence-electron chi connectivity index (χ0n) is 11.3. The van der Waals surface area contributed by atoms with Crippen molar-refractivity contribution in [1.29, 1.82) is 0 Å². The molecule has 0 saturated carbocycles. The number of aliphatic hydroxyl groups is 1. The smallest absolute Gasteiger partial charge is 0.0750 e. The Labute approximate surface area is 114 Å². The lowest BCUT2D eigenvalue weighted by atomic mass is 9.82. The molecule has 0 amide bonds. The van der Waals surface area contributed by atoms with Crippen LogP contribution in [0.25, 0.3) is 0 Å². The number of hydrogen-bond acceptors (Lipinski definition) is 2. The molecule has 0 fully saturated rings. The van der Waals surface area contributed by atoms with Crippen molar-refractivity contribution >= 4 is 0 Å². The van der Waals surface area contributed by atoms with Gasteiger partial charge >= 0.3 is 0 Å². The second-order valence-corrected chi connectivity index (χ2v) is 5.28. The molecule has 100 valence electrons. The molecule has 0 aliphatic rings. The van der Waals surface area contributed by atoms with Crippen molar-refractivity contribution in [3.05, 3.63) is 71.8 Å². The van der Waals surface area contributed by atoms with Crippen LogP contribution in [0.1, 0.15) is 30.4 Å². The van der Waals surface area contributed by atoms with Crippen LogP contribution in [0.15, 0.2) is 60.7 Å². The van der Waals surface area contributed by atoms with Gasteiger partial charge in [0.15, 0.2) is 0 Å². The quantitative estimate of drug-likeness (QED) is 0.863. The Kier molecular flexibility index (Phi) is 4.35. The fourth-order valence-corrected chi connectivity index (χ4v) is 2.32. The fourth-order valence-electron chi connectivity index (χ4n) is 2.32. The minimum absolute atomic E-state index is 0.168. The molecule has 2 nitrogen and oxygen atoms in total. The first-order valence-electron chi connectivity index (χ1n) is 6.65. The van der Waals surface area contributed by atoms with Crippen LogP contribution < -0.4 is 5.73 Å². The average Bonchev–Trinajstić information content (AvgIpc) is 2.47. The molecule has 0 bridgehead atoms. The summed E-state index contributed by atoms with van der Waals surface area (Å²) in [5.74, 6) is 0.168. The first kappa shape index (κ1) is 13.8. The second-order valence-electron chi connectivity index (χ2n) is 5.28. The highest BCUT2D eigenvalue weighted by atomic mass is 16.3. The van der Waals surface area contributed by atoms with Gasteiger partial charge in [0.05, 0.1) is 5.60 Å². The Bertz CT molecular complexity index is 454. The SMILES string of the molecule is CC(O)(CN)CC(c1ccccc1)c1ccccc1. The summed E-state index contributed by atoms with van der Waals surface area (Å²) in [5, 5.41) is 10.3. The first-order valence-corrected chi connectivity index (χ1v) is 6.65. The number of hydrogen-bond donors (Lipinski definition) is 2. The van der Waals surface area contributed by atoms with Gasteiger partial charge in [0.25, 0.3) is 0 Å². The molecule has 19 heavy (non-hydrogen) atoms. The summed E-state index contributed by atoms with van der Waals surface area (Å²) < 4.78 is 0. The van der Waals surface area contributed by atoms with E-state index in [2.05, 4.69) is 24.3 Å². The van der Waals surface area contributed by atoms with Gasteiger partial charge in [-0.1, -0.05) is 60.7 Å². The summed E-state index contributed by atoms with van der Waals surface area (Å²) in [4.78, 5) is 0. The first-order chi connectivity index (χ1) is 9.12. The van der Waals surface area contributed by atoms with Gasteiger partial charge in [-0.05, 0) is 24.5 Å². The lowest BCUT2D eigenvalue weighted by Gasteiger charge is -2.28. The fraction of sp³-hybridized carbons (Fsp3) is 0.294. The van der Waals surface area contributed by atoms with Gasteiger partial charge < -0.3 is 10.8 Å². The van der Waals surface area contributed by atoms with E-state index in [0.29, 0.717) is 6.42 Å². The maximum Gasteiger partial charge on any atom is 0.0750 e. The van der Waals surface area contributed by atoms with E-state index < -0.39 is 5.60 Å². The van der Waals surface area contributed by atoms with E-state index in [1.807, 2.05) is 36.4 Å². The van der Waals surface area contributed by atoms with Crippen LogP contribution in [0.4, 0.5) is 0 Å². The summed E-state index contributed by atoms with van der Waals surface area (Å²) in [7, 11) is 0. The molecule has 0 radical (unpaired) electrons. The molecule has 0 aliphatic carbocycles. The normalized spacial score (nSPS) is 14.3. The Morgan fingerprint density at radius 3 is 1.74 bits per heavy atom. The number of nitrogens with two attached hydrogens (primary N) is 1. The van der Waals surface area contributed by atoms with Crippen LogP contribution in [-0.2, 0) is 0 Å². The molecular formula is C17H21NO. The van der Waals surface area contributed by atoms with Crippen LogP contribution in [0.3, 0.4) is 0 Å². The second kappa shape index (κ2) is 6.00. The summed E-state index contributed by atoms with van der Waals surface area (Å²) in [6.45, 7) is 2.06. The molecule has 2 heteroatoms. The minimum atomic E-state index is -0.851. The van der Waals surface area contributed by atoms with Gasteiger partial charge in [-0.15, -0.1) is 0 Å². The van der Waals surface area contributed by atoms with Gasteiger partial charge in [-0.3, -0.25) is 0 Å². The average molecular weight is 255 g/mol. The highest BCUT2D eigenvalue weighted by molar-refractivity contribution is 5.32. The van der Waals surface area contributed by atoms with Crippen molar-refractivity contribution in [1.82, 2.24) is 0 Å². The van der Waals surface area contributed by atoms with Gasteiger partial charge in [0.1, 0.15) is 0 Å². The molecule has 0 saturated heterocycles. The predicted molar refractivity (Wildman–Crippen MR) is 79.0 cm³/mol. The largest absolute Gasteiger partial charge is 0.389 e. The Balaban J connectivity index is 2.35. The highest BCUT2D eigenvalue weighted by Gasteiger charge is 2.25. The third-order valence-electron chi connectivity index (χ3n) is 3.49. The molecule has 0 aliphatic heterocycles. The number of benzene rings is 2. The Morgan fingerprint density at radius 2 is 1.37 bits per heavy atom. The van der Waals surface area contributed by atoms with Crippen LogP contribution in [0, 0.1) is 0 Å².